The average Bonchev–Trinajstić information content (AvgIpc) is 2.61. The molecule has 0 spiro atoms. The molecular formula is C20H12F2N2. The molecule has 0 amide bonds. The Morgan fingerprint density at radius 2 is 1.17 bits per heavy atom. The summed E-state index contributed by atoms with van der Waals surface area (Å²) in [5.41, 5.74) is 3.99. The highest BCUT2D eigenvalue weighted by Gasteiger charge is 2.13. The average molecular weight is 318 g/mol. The van der Waals surface area contributed by atoms with Crippen molar-refractivity contribution >= 4 is 11.0 Å². The van der Waals surface area contributed by atoms with E-state index in [0.717, 1.165) is 16.6 Å². The molecule has 4 aromatic rings. The zero-order valence-electron chi connectivity index (χ0n) is 12.6. The molecule has 0 atom stereocenters. The Labute approximate surface area is 137 Å². The lowest BCUT2D eigenvalue weighted by Crippen LogP contribution is -1.96. The molecule has 1 aromatic heterocycles. The molecule has 0 unspecified atom stereocenters. The second-order valence-electron chi connectivity index (χ2n) is 5.43. The highest BCUT2D eigenvalue weighted by Crippen LogP contribution is 2.31. The van der Waals surface area contributed by atoms with Gasteiger partial charge in [-0.15, -0.1) is 0 Å². The molecule has 0 aliphatic carbocycles. The molecule has 4 rings (SSSR count). The van der Waals surface area contributed by atoms with Gasteiger partial charge in [0.15, 0.2) is 0 Å². The van der Waals surface area contributed by atoms with Crippen molar-refractivity contribution in [1.29, 1.82) is 0 Å². The molecule has 4 heteroatoms. The molecule has 0 saturated heterocycles. The van der Waals surface area contributed by atoms with E-state index in [-0.39, 0.29) is 11.6 Å². The largest absolute Gasteiger partial charge is 0.244 e. The third kappa shape index (κ3) is 2.63. The summed E-state index contributed by atoms with van der Waals surface area (Å²) in [5.74, 6) is -0.660. The van der Waals surface area contributed by atoms with Crippen LogP contribution >= 0.6 is 0 Å². The Kier molecular flexibility index (Phi) is 3.50. The van der Waals surface area contributed by atoms with E-state index < -0.39 is 0 Å². The molecular weight excluding hydrogens is 306 g/mol. The van der Waals surface area contributed by atoms with Crippen molar-refractivity contribution in [1.82, 2.24) is 9.97 Å². The Hall–Kier alpha value is -3.14. The van der Waals surface area contributed by atoms with Gasteiger partial charge in [0.1, 0.15) is 11.6 Å². The van der Waals surface area contributed by atoms with Gasteiger partial charge >= 0.3 is 0 Å². The van der Waals surface area contributed by atoms with E-state index in [0.29, 0.717) is 17.0 Å². The maximum absolute atomic E-state index is 13.7. The highest BCUT2D eigenvalue weighted by atomic mass is 19.1. The van der Waals surface area contributed by atoms with E-state index in [2.05, 4.69) is 9.97 Å². The second-order valence-corrected chi connectivity index (χ2v) is 5.43. The van der Waals surface area contributed by atoms with E-state index in [1.54, 1.807) is 24.3 Å². The predicted molar refractivity (Wildman–Crippen MR) is 90.3 cm³/mol. The van der Waals surface area contributed by atoms with E-state index in [1.165, 1.54) is 24.3 Å². The third-order valence-electron chi connectivity index (χ3n) is 3.79. The Balaban J connectivity index is 2.02. The van der Waals surface area contributed by atoms with Gasteiger partial charge in [-0.25, -0.2) is 18.7 Å². The van der Waals surface area contributed by atoms with Crippen LogP contribution in [0.25, 0.3) is 33.5 Å². The van der Waals surface area contributed by atoms with Crippen LogP contribution in [0, 0.1) is 11.6 Å². The smallest absolute Gasteiger partial charge is 0.123 e. The Morgan fingerprint density at radius 1 is 0.542 bits per heavy atom. The van der Waals surface area contributed by atoms with Crippen molar-refractivity contribution in [2.75, 3.05) is 0 Å². The summed E-state index contributed by atoms with van der Waals surface area (Å²) >= 11 is 0. The SMILES string of the molecule is Fc1ccc(-c2nc3ccccc3nc2-c2cccc(F)c2)cc1. The van der Waals surface area contributed by atoms with E-state index in [9.17, 15) is 8.78 Å². The van der Waals surface area contributed by atoms with Crippen LogP contribution in [-0.4, -0.2) is 9.97 Å². The lowest BCUT2D eigenvalue weighted by molar-refractivity contribution is 0.628. The summed E-state index contributed by atoms with van der Waals surface area (Å²) in [6.45, 7) is 0. The van der Waals surface area contributed by atoms with Crippen LogP contribution in [0.15, 0.2) is 72.8 Å². The standard InChI is InChI=1S/C20H12F2N2/c21-15-10-8-13(9-11-15)19-20(14-4-3-5-16(22)12-14)24-18-7-2-1-6-17(18)23-19/h1-12H. The normalized spacial score (nSPS) is 10.9. The molecule has 24 heavy (non-hydrogen) atoms. The van der Waals surface area contributed by atoms with E-state index in [4.69, 9.17) is 0 Å². The van der Waals surface area contributed by atoms with Crippen LogP contribution in [0.4, 0.5) is 8.78 Å². The third-order valence-corrected chi connectivity index (χ3v) is 3.79. The highest BCUT2D eigenvalue weighted by molar-refractivity contribution is 5.86. The summed E-state index contributed by atoms with van der Waals surface area (Å²) in [6, 6.07) is 19.8. The summed E-state index contributed by atoms with van der Waals surface area (Å²) in [6.07, 6.45) is 0. The van der Waals surface area contributed by atoms with Gasteiger partial charge in [0.25, 0.3) is 0 Å². The van der Waals surface area contributed by atoms with Crippen LogP contribution in [0.5, 0.6) is 0 Å². The van der Waals surface area contributed by atoms with Gasteiger partial charge in [-0.2, -0.15) is 0 Å². The summed E-state index contributed by atoms with van der Waals surface area (Å²) < 4.78 is 26.9. The molecule has 0 saturated carbocycles. The van der Waals surface area contributed by atoms with Crippen LogP contribution < -0.4 is 0 Å². The molecule has 0 aliphatic rings. The minimum Gasteiger partial charge on any atom is -0.244 e. The second kappa shape index (κ2) is 5.81. The van der Waals surface area contributed by atoms with Gasteiger partial charge in [-0.3, -0.25) is 0 Å². The zero-order chi connectivity index (χ0) is 16.5. The first-order valence-corrected chi connectivity index (χ1v) is 7.49. The quantitative estimate of drug-likeness (QED) is 0.505. The van der Waals surface area contributed by atoms with Gasteiger partial charge in [-0.05, 0) is 48.5 Å². The number of nitrogens with zero attached hydrogens (tertiary/aromatic N) is 2. The summed E-state index contributed by atoms with van der Waals surface area (Å²) in [5, 5.41) is 0. The fourth-order valence-corrected chi connectivity index (χ4v) is 2.65. The number of halogens is 2. The van der Waals surface area contributed by atoms with Crippen molar-refractivity contribution < 1.29 is 8.78 Å². The number of para-hydroxylation sites is 2. The van der Waals surface area contributed by atoms with Gasteiger partial charge < -0.3 is 0 Å². The molecule has 0 N–H and O–H groups in total. The Bertz CT molecular complexity index is 1030. The summed E-state index contributed by atoms with van der Waals surface area (Å²) in [7, 11) is 0. The molecule has 0 bridgehead atoms. The Morgan fingerprint density at radius 3 is 1.79 bits per heavy atom. The lowest BCUT2D eigenvalue weighted by Gasteiger charge is -2.10. The van der Waals surface area contributed by atoms with Crippen LogP contribution in [0.2, 0.25) is 0 Å². The minimum atomic E-state index is -0.340. The van der Waals surface area contributed by atoms with Crippen molar-refractivity contribution in [3.63, 3.8) is 0 Å². The van der Waals surface area contributed by atoms with Crippen LogP contribution in [0.1, 0.15) is 0 Å². The summed E-state index contributed by atoms with van der Waals surface area (Å²) in [4.78, 5) is 9.34. The predicted octanol–water partition coefficient (Wildman–Crippen LogP) is 5.24. The van der Waals surface area contributed by atoms with Crippen LogP contribution in [-0.2, 0) is 0 Å². The minimum absolute atomic E-state index is 0.320. The number of fused-ring (bicyclic) bond motifs is 1. The molecule has 116 valence electrons. The van der Waals surface area contributed by atoms with Gasteiger partial charge in [0.05, 0.1) is 22.4 Å². The molecule has 0 aliphatic heterocycles. The number of aromatic nitrogens is 2. The first-order valence-electron chi connectivity index (χ1n) is 7.49. The van der Waals surface area contributed by atoms with Crippen LogP contribution in [0.3, 0.4) is 0 Å². The van der Waals surface area contributed by atoms with Gasteiger partial charge in [-0.1, -0.05) is 24.3 Å². The number of benzene rings is 3. The number of hydrogen-bond donors (Lipinski definition) is 0. The maximum Gasteiger partial charge on any atom is 0.123 e. The van der Waals surface area contributed by atoms with Crippen molar-refractivity contribution in [2.45, 2.75) is 0 Å². The lowest BCUT2D eigenvalue weighted by atomic mass is 10.0. The zero-order valence-corrected chi connectivity index (χ0v) is 12.6. The van der Waals surface area contributed by atoms with Gasteiger partial charge in [0, 0.05) is 11.1 Å². The van der Waals surface area contributed by atoms with E-state index >= 15 is 0 Å². The molecule has 0 radical (unpaired) electrons. The fourth-order valence-electron chi connectivity index (χ4n) is 2.65. The van der Waals surface area contributed by atoms with Crippen molar-refractivity contribution in [3.05, 3.63) is 84.4 Å². The van der Waals surface area contributed by atoms with E-state index in [1.807, 2.05) is 24.3 Å². The monoisotopic (exact) mass is 318 g/mol. The molecule has 0 fully saturated rings. The first kappa shape index (κ1) is 14.5. The van der Waals surface area contributed by atoms with Gasteiger partial charge in [0.2, 0.25) is 0 Å². The first-order chi connectivity index (χ1) is 11.7. The number of rotatable bonds is 2. The molecule has 2 nitrogen and oxygen atoms in total. The maximum atomic E-state index is 13.7. The van der Waals surface area contributed by atoms with Crippen molar-refractivity contribution in [2.24, 2.45) is 0 Å². The molecule has 3 aromatic carbocycles. The topological polar surface area (TPSA) is 25.8 Å². The number of hydrogen-bond acceptors (Lipinski definition) is 2. The molecule has 1 heterocycles. The fraction of sp³-hybridized carbons (Fsp3) is 0. The van der Waals surface area contributed by atoms with Crippen molar-refractivity contribution in [3.8, 4) is 22.5 Å².